The quantitative estimate of drug-likeness (QED) is 0.822. The van der Waals surface area contributed by atoms with Gasteiger partial charge in [-0.1, -0.05) is 0 Å². The zero-order chi connectivity index (χ0) is 13.2. The SMILES string of the molecule is CNC1CCC(NS(=O)(=O)c2cnn(C)c2)CC1. The molecule has 0 aromatic carbocycles. The Morgan fingerprint density at radius 1 is 1.28 bits per heavy atom. The summed E-state index contributed by atoms with van der Waals surface area (Å²) in [4.78, 5) is 0.237. The highest BCUT2D eigenvalue weighted by Gasteiger charge is 2.25. The average molecular weight is 272 g/mol. The Bertz CT molecular complexity index is 489. The van der Waals surface area contributed by atoms with Crippen molar-refractivity contribution in [2.75, 3.05) is 7.05 Å². The lowest BCUT2D eigenvalue weighted by Gasteiger charge is -2.28. The van der Waals surface area contributed by atoms with Gasteiger partial charge in [0.2, 0.25) is 10.0 Å². The van der Waals surface area contributed by atoms with Crippen LogP contribution in [-0.2, 0) is 17.1 Å². The summed E-state index contributed by atoms with van der Waals surface area (Å²) in [6.45, 7) is 0. The summed E-state index contributed by atoms with van der Waals surface area (Å²) in [6.07, 6.45) is 6.67. The molecule has 1 aliphatic rings. The zero-order valence-corrected chi connectivity index (χ0v) is 11.6. The second-order valence-electron chi connectivity index (χ2n) is 4.81. The summed E-state index contributed by atoms with van der Waals surface area (Å²) in [5, 5.41) is 7.12. The molecule has 102 valence electrons. The van der Waals surface area contributed by atoms with E-state index in [4.69, 9.17) is 0 Å². The van der Waals surface area contributed by atoms with E-state index < -0.39 is 10.0 Å². The number of sulfonamides is 1. The highest BCUT2D eigenvalue weighted by molar-refractivity contribution is 7.89. The number of nitrogens with one attached hydrogen (secondary N) is 2. The van der Waals surface area contributed by atoms with Crippen molar-refractivity contribution in [1.29, 1.82) is 0 Å². The van der Waals surface area contributed by atoms with Crippen molar-refractivity contribution in [2.45, 2.75) is 42.7 Å². The van der Waals surface area contributed by atoms with Crippen molar-refractivity contribution in [3.63, 3.8) is 0 Å². The topological polar surface area (TPSA) is 76.0 Å². The van der Waals surface area contributed by atoms with Gasteiger partial charge in [0.1, 0.15) is 4.90 Å². The van der Waals surface area contributed by atoms with Crippen LogP contribution in [0.3, 0.4) is 0 Å². The molecule has 0 radical (unpaired) electrons. The summed E-state index contributed by atoms with van der Waals surface area (Å²) in [7, 11) is 0.238. The van der Waals surface area contributed by atoms with Gasteiger partial charge in [-0.25, -0.2) is 13.1 Å². The van der Waals surface area contributed by atoms with Crippen molar-refractivity contribution < 1.29 is 8.42 Å². The Morgan fingerprint density at radius 2 is 1.89 bits per heavy atom. The summed E-state index contributed by atoms with van der Waals surface area (Å²) in [5.41, 5.74) is 0. The Balaban J connectivity index is 1.97. The van der Waals surface area contributed by atoms with E-state index in [1.54, 1.807) is 7.05 Å². The molecule has 2 rings (SSSR count). The fraction of sp³-hybridized carbons (Fsp3) is 0.727. The smallest absolute Gasteiger partial charge is 0.243 e. The Morgan fingerprint density at radius 3 is 2.39 bits per heavy atom. The van der Waals surface area contributed by atoms with E-state index in [2.05, 4.69) is 15.1 Å². The van der Waals surface area contributed by atoms with Crippen LogP contribution in [0.25, 0.3) is 0 Å². The third-order valence-electron chi connectivity index (χ3n) is 3.45. The van der Waals surface area contributed by atoms with E-state index >= 15 is 0 Å². The van der Waals surface area contributed by atoms with Crippen molar-refractivity contribution >= 4 is 10.0 Å². The minimum Gasteiger partial charge on any atom is -0.317 e. The molecule has 0 spiro atoms. The predicted octanol–water partition coefficient (Wildman–Crippen LogP) is 0.229. The van der Waals surface area contributed by atoms with Crippen LogP contribution in [0.5, 0.6) is 0 Å². The minimum atomic E-state index is -3.42. The normalized spacial score (nSPS) is 25.2. The standard InChI is InChI=1S/C11H20N4O2S/c1-12-9-3-5-10(6-4-9)14-18(16,17)11-7-13-15(2)8-11/h7-10,12,14H,3-6H2,1-2H3. The maximum absolute atomic E-state index is 12.1. The second kappa shape index (κ2) is 5.38. The van der Waals surface area contributed by atoms with E-state index in [1.807, 2.05) is 7.05 Å². The molecule has 1 aromatic rings. The molecule has 6 nitrogen and oxygen atoms in total. The molecule has 7 heteroatoms. The molecule has 0 atom stereocenters. The first kappa shape index (κ1) is 13.5. The minimum absolute atomic E-state index is 0.0415. The van der Waals surface area contributed by atoms with Gasteiger partial charge in [0, 0.05) is 25.3 Å². The van der Waals surface area contributed by atoms with E-state index in [0.29, 0.717) is 6.04 Å². The molecule has 1 fully saturated rings. The molecule has 2 N–H and O–H groups in total. The fourth-order valence-electron chi connectivity index (χ4n) is 2.32. The van der Waals surface area contributed by atoms with Crippen LogP contribution in [0.15, 0.2) is 17.3 Å². The molecule has 0 aliphatic heterocycles. The number of hydrogen-bond acceptors (Lipinski definition) is 4. The Kier molecular flexibility index (Phi) is 4.04. The molecular weight excluding hydrogens is 252 g/mol. The molecule has 1 aliphatic carbocycles. The highest BCUT2D eigenvalue weighted by Crippen LogP contribution is 2.20. The maximum atomic E-state index is 12.1. The summed E-state index contributed by atoms with van der Waals surface area (Å²) >= 11 is 0. The number of nitrogens with zero attached hydrogens (tertiary/aromatic N) is 2. The molecule has 0 amide bonds. The molecular formula is C11H20N4O2S. The molecule has 0 saturated heterocycles. The van der Waals surface area contributed by atoms with Gasteiger partial charge in [-0.05, 0) is 32.7 Å². The van der Waals surface area contributed by atoms with Crippen LogP contribution < -0.4 is 10.0 Å². The lowest BCUT2D eigenvalue weighted by molar-refractivity contribution is 0.343. The average Bonchev–Trinajstić information content (AvgIpc) is 2.77. The van der Waals surface area contributed by atoms with Crippen LogP contribution in [0.4, 0.5) is 0 Å². The van der Waals surface area contributed by atoms with Crippen LogP contribution in [0.1, 0.15) is 25.7 Å². The lowest BCUT2D eigenvalue weighted by atomic mass is 9.92. The van der Waals surface area contributed by atoms with E-state index in [-0.39, 0.29) is 10.9 Å². The van der Waals surface area contributed by atoms with Gasteiger partial charge in [0.25, 0.3) is 0 Å². The summed E-state index contributed by atoms with van der Waals surface area (Å²) in [5.74, 6) is 0. The van der Waals surface area contributed by atoms with E-state index in [9.17, 15) is 8.42 Å². The number of aryl methyl sites for hydroxylation is 1. The number of rotatable bonds is 4. The first-order valence-electron chi connectivity index (χ1n) is 6.19. The van der Waals surface area contributed by atoms with Crippen LogP contribution in [0.2, 0.25) is 0 Å². The number of aromatic nitrogens is 2. The van der Waals surface area contributed by atoms with Gasteiger partial charge in [-0.15, -0.1) is 0 Å². The Hall–Kier alpha value is -0.920. The van der Waals surface area contributed by atoms with Crippen LogP contribution >= 0.6 is 0 Å². The lowest BCUT2D eigenvalue weighted by Crippen LogP contribution is -2.41. The monoisotopic (exact) mass is 272 g/mol. The number of hydrogen-bond donors (Lipinski definition) is 2. The van der Waals surface area contributed by atoms with Gasteiger partial charge in [-0.2, -0.15) is 5.10 Å². The first-order valence-corrected chi connectivity index (χ1v) is 7.68. The van der Waals surface area contributed by atoms with Crippen molar-refractivity contribution in [3.05, 3.63) is 12.4 Å². The van der Waals surface area contributed by atoms with Gasteiger partial charge in [0.15, 0.2) is 0 Å². The Labute approximate surface area is 108 Å². The zero-order valence-electron chi connectivity index (χ0n) is 10.8. The van der Waals surface area contributed by atoms with Gasteiger partial charge >= 0.3 is 0 Å². The third kappa shape index (κ3) is 3.09. The van der Waals surface area contributed by atoms with Crippen molar-refractivity contribution in [3.8, 4) is 0 Å². The summed E-state index contributed by atoms with van der Waals surface area (Å²) in [6, 6.07) is 0.559. The molecule has 0 unspecified atom stereocenters. The highest BCUT2D eigenvalue weighted by atomic mass is 32.2. The second-order valence-corrected chi connectivity index (χ2v) is 6.52. The predicted molar refractivity (Wildman–Crippen MR) is 68.6 cm³/mol. The first-order chi connectivity index (χ1) is 8.51. The molecule has 0 bridgehead atoms. The molecule has 18 heavy (non-hydrogen) atoms. The van der Waals surface area contributed by atoms with Gasteiger partial charge < -0.3 is 5.32 Å². The largest absolute Gasteiger partial charge is 0.317 e. The van der Waals surface area contributed by atoms with E-state index in [1.165, 1.54) is 17.1 Å². The van der Waals surface area contributed by atoms with Gasteiger partial charge in [0.05, 0.1) is 6.20 Å². The third-order valence-corrected chi connectivity index (χ3v) is 4.92. The van der Waals surface area contributed by atoms with Crippen LogP contribution in [0, 0.1) is 0 Å². The van der Waals surface area contributed by atoms with Crippen molar-refractivity contribution in [1.82, 2.24) is 19.8 Å². The molecule has 1 aromatic heterocycles. The molecule has 1 heterocycles. The van der Waals surface area contributed by atoms with Crippen molar-refractivity contribution in [2.24, 2.45) is 7.05 Å². The maximum Gasteiger partial charge on any atom is 0.243 e. The fourth-order valence-corrected chi connectivity index (χ4v) is 3.61. The van der Waals surface area contributed by atoms with E-state index in [0.717, 1.165) is 25.7 Å². The van der Waals surface area contributed by atoms with Crippen LogP contribution in [-0.4, -0.2) is 37.3 Å². The molecule has 1 saturated carbocycles. The summed E-state index contributed by atoms with van der Waals surface area (Å²) < 4.78 is 28.4. The van der Waals surface area contributed by atoms with Gasteiger partial charge in [-0.3, -0.25) is 4.68 Å².